The van der Waals surface area contributed by atoms with E-state index in [1.807, 2.05) is 19.0 Å². The van der Waals surface area contributed by atoms with Crippen LogP contribution in [0.25, 0.3) is 0 Å². The lowest BCUT2D eigenvalue weighted by Gasteiger charge is -2.21. The van der Waals surface area contributed by atoms with Gasteiger partial charge in [0.15, 0.2) is 11.1 Å². The molecular formula is C21H33IN6S. The minimum absolute atomic E-state index is 0. The van der Waals surface area contributed by atoms with Crippen molar-refractivity contribution < 1.29 is 0 Å². The van der Waals surface area contributed by atoms with Crippen molar-refractivity contribution in [2.75, 3.05) is 32.1 Å². The molecule has 1 aliphatic rings. The van der Waals surface area contributed by atoms with Gasteiger partial charge in [0.25, 0.3) is 0 Å². The Morgan fingerprint density at radius 1 is 1.31 bits per heavy atom. The van der Waals surface area contributed by atoms with E-state index in [0.29, 0.717) is 18.6 Å². The van der Waals surface area contributed by atoms with Crippen LogP contribution in [0.4, 0.5) is 5.13 Å². The molecule has 1 fully saturated rings. The maximum absolute atomic E-state index is 4.76. The van der Waals surface area contributed by atoms with E-state index in [4.69, 9.17) is 4.99 Å². The van der Waals surface area contributed by atoms with Gasteiger partial charge in [-0.3, -0.25) is 4.90 Å². The molecule has 1 aliphatic heterocycles. The fourth-order valence-electron chi connectivity index (χ4n) is 3.49. The predicted molar refractivity (Wildman–Crippen MR) is 135 cm³/mol. The molecular weight excluding hydrogens is 495 g/mol. The summed E-state index contributed by atoms with van der Waals surface area (Å²) in [5.74, 6) is 0.876. The molecule has 6 nitrogen and oxygen atoms in total. The number of benzene rings is 1. The van der Waals surface area contributed by atoms with Crippen molar-refractivity contribution in [1.29, 1.82) is 0 Å². The van der Waals surface area contributed by atoms with Gasteiger partial charge in [0.2, 0.25) is 0 Å². The number of rotatable bonds is 7. The van der Waals surface area contributed by atoms with Crippen molar-refractivity contribution >= 4 is 46.4 Å². The fraction of sp³-hybridized carbons (Fsp3) is 0.524. The molecule has 2 unspecified atom stereocenters. The standard InChI is InChI=1S/C21H32N6S.HI/c1-5-22-20(23-12-19-15-28-21(25-19)26(3)4)24-18-11-16(2)27(14-18)13-17-9-7-6-8-10-17;/h6-10,15-16,18H,5,11-14H2,1-4H3,(H2,22,23,24);1H. The van der Waals surface area contributed by atoms with Crippen molar-refractivity contribution in [3.05, 3.63) is 47.0 Å². The van der Waals surface area contributed by atoms with E-state index in [1.54, 1.807) is 11.3 Å². The summed E-state index contributed by atoms with van der Waals surface area (Å²) >= 11 is 1.66. The number of aliphatic imine (C=N–C) groups is 1. The molecule has 0 amide bonds. The monoisotopic (exact) mass is 528 g/mol. The topological polar surface area (TPSA) is 55.8 Å². The van der Waals surface area contributed by atoms with Gasteiger partial charge in [-0.05, 0) is 25.8 Å². The van der Waals surface area contributed by atoms with E-state index >= 15 is 0 Å². The van der Waals surface area contributed by atoms with Crippen LogP contribution in [0.5, 0.6) is 0 Å². The first-order valence-corrected chi connectivity index (χ1v) is 10.9. The molecule has 8 heteroatoms. The van der Waals surface area contributed by atoms with Gasteiger partial charge in [-0.25, -0.2) is 9.98 Å². The summed E-state index contributed by atoms with van der Waals surface area (Å²) in [6, 6.07) is 11.7. The molecule has 0 radical (unpaired) electrons. The molecule has 2 aromatic rings. The first kappa shape index (κ1) is 23.9. The second kappa shape index (κ2) is 11.7. The average molecular weight is 529 g/mol. The SMILES string of the molecule is CCNC(=NCc1csc(N(C)C)n1)NC1CC(C)N(Cc2ccccc2)C1.I. The van der Waals surface area contributed by atoms with Crippen LogP contribution in [0.15, 0.2) is 40.7 Å². The summed E-state index contributed by atoms with van der Waals surface area (Å²) in [6.45, 7) is 7.88. The second-order valence-electron chi connectivity index (χ2n) is 7.55. The van der Waals surface area contributed by atoms with Gasteiger partial charge in [-0.15, -0.1) is 35.3 Å². The molecule has 1 saturated heterocycles. The quantitative estimate of drug-likeness (QED) is 0.327. The normalized spacial score (nSPS) is 19.7. The number of nitrogens with zero attached hydrogens (tertiary/aromatic N) is 4. The number of halogens is 1. The van der Waals surface area contributed by atoms with Crippen LogP contribution < -0.4 is 15.5 Å². The Hall–Kier alpha value is -1.39. The summed E-state index contributed by atoms with van der Waals surface area (Å²) in [5.41, 5.74) is 2.38. The molecule has 2 atom stereocenters. The molecule has 0 aliphatic carbocycles. The van der Waals surface area contributed by atoms with Crippen LogP contribution in [0.2, 0.25) is 0 Å². The Morgan fingerprint density at radius 3 is 2.72 bits per heavy atom. The number of likely N-dealkylation sites (tertiary alicyclic amines) is 1. The highest BCUT2D eigenvalue weighted by atomic mass is 127. The number of guanidine groups is 1. The van der Waals surface area contributed by atoms with Crippen molar-refractivity contribution in [1.82, 2.24) is 20.5 Å². The molecule has 0 saturated carbocycles. The van der Waals surface area contributed by atoms with Crippen molar-refractivity contribution in [3.8, 4) is 0 Å². The summed E-state index contributed by atoms with van der Waals surface area (Å²) in [4.78, 5) is 13.9. The highest BCUT2D eigenvalue weighted by molar-refractivity contribution is 14.0. The molecule has 2 heterocycles. The minimum atomic E-state index is 0. The molecule has 0 spiro atoms. The maximum Gasteiger partial charge on any atom is 0.191 e. The average Bonchev–Trinajstić information content (AvgIpc) is 3.28. The number of nitrogens with one attached hydrogen (secondary N) is 2. The van der Waals surface area contributed by atoms with Gasteiger partial charge in [-0.2, -0.15) is 0 Å². The van der Waals surface area contributed by atoms with E-state index < -0.39 is 0 Å². The Balaban J connectivity index is 0.00000300. The Labute approximate surface area is 195 Å². The number of aromatic nitrogens is 1. The first-order valence-electron chi connectivity index (χ1n) is 9.99. The number of hydrogen-bond acceptors (Lipinski definition) is 5. The molecule has 1 aromatic carbocycles. The lowest BCUT2D eigenvalue weighted by molar-refractivity contribution is 0.258. The van der Waals surface area contributed by atoms with Crippen molar-refractivity contribution in [3.63, 3.8) is 0 Å². The Morgan fingerprint density at radius 2 is 2.07 bits per heavy atom. The molecule has 0 bridgehead atoms. The molecule has 3 rings (SSSR count). The fourth-order valence-corrected chi connectivity index (χ4v) is 4.24. The zero-order valence-electron chi connectivity index (χ0n) is 17.8. The van der Waals surface area contributed by atoms with Gasteiger partial charge >= 0.3 is 0 Å². The lowest BCUT2D eigenvalue weighted by Crippen LogP contribution is -2.44. The third-order valence-corrected chi connectivity index (χ3v) is 6.00. The third-order valence-electron chi connectivity index (χ3n) is 4.94. The molecule has 2 N–H and O–H groups in total. The summed E-state index contributed by atoms with van der Waals surface area (Å²) in [5, 5.41) is 10.1. The van der Waals surface area contributed by atoms with Crippen LogP contribution in [0, 0.1) is 0 Å². The van der Waals surface area contributed by atoms with Crippen LogP contribution in [0.1, 0.15) is 31.5 Å². The van der Waals surface area contributed by atoms with Gasteiger partial charge in [0, 0.05) is 51.2 Å². The largest absolute Gasteiger partial charge is 0.357 e. The minimum Gasteiger partial charge on any atom is -0.357 e. The number of hydrogen-bond donors (Lipinski definition) is 2. The molecule has 29 heavy (non-hydrogen) atoms. The maximum atomic E-state index is 4.76. The zero-order chi connectivity index (χ0) is 19.9. The van der Waals surface area contributed by atoms with Gasteiger partial charge in [0.05, 0.1) is 12.2 Å². The number of anilines is 1. The van der Waals surface area contributed by atoms with E-state index in [-0.39, 0.29) is 24.0 Å². The Bertz CT molecular complexity index is 764. The van der Waals surface area contributed by atoms with Crippen LogP contribution in [-0.2, 0) is 13.1 Å². The van der Waals surface area contributed by atoms with Crippen molar-refractivity contribution in [2.45, 2.75) is 45.4 Å². The zero-order valence-corrected chi connectivity index (χ0v) is 20.9. The highest BCUT2D eigenvalue weighted by Gasteiger charge is 2.29. The van der Waals surface area contributed by atoms with Crippen LogP contribution >= 0.6 is 35.3 Å². The summed E-state index contributed by atoms with van der Waals surface area (Å²) < 4.78 is 0. The van der Waals surface area contributed by atoms with Crippen LogP contribution in [0.3, 0.4) is 0 Å². The Kier molecular flexibility index (Phi) is 9.64. The smallest absolute Gasteiger partial charge is 0.191 e. The second-order valence-corrected chi connectivity index (χ2v) is 8.39. The highest BCUT2D eigenvalue weighted by Crippen LogP contribution is 2.21. The molecule has 160 valence electrons. The number of thiazole rings is 1. The van der Waals surface area contributed by atoms with Crippen molar-refractivity contribution in [2.24, 2.45) is 4.99 Å². The lowest BCUT2D eigenvalue weighted by atomic mass is 10.2. The third kappa shape index (κ3) is 7.11. The van der Waals surface area contributed by atoms with Gasteiger partial charge < -0.3 is 15.5 Å². The predicted octanol–water partition coefficient (Wildman–Crippen LogP) is 3.55. The molecule has 1 aromatic heterocycles. The van der Waals surface area contributed by atoms with E-state index in [2.05, 4.69) is 70.1 Å². The van der Waals surface area contributed by atoms with Crippen LogP contribution in [-0.4, -0.2) is 55.1 Å². The van der Waals surface area contributed by atoms with Gasteiger partial charge in [0.1, 0.15) is 0 Å². The van der Waals surface area contributed by atoms with E-state index in [0.717, 1.165) is 42.8 Å². The van der Waals surface area contributed by atoms with Gasteiger partial charge in [-0.1, -0.05) is 30.3 Å². The summed E-state index contributed by atoms with van der Waals surface area (Å²) in [6.07, 6.45) is 1.12. The van der Waals surface area contributed by atoms with E-state index in [1.165, 1.54) is 5.56 Å². The summed E-state index contributed by atoms with van der Waals surface area (Å²) in [7, 11) is 4.03. The van der Waals surface area contributed by atoms with E-state index in [9.17, 15) is 0 Å². The first-order chi connectivity index (χ1) is 13.5.